The van der Waals surface area contributed by atoms with Crippen LogP contribution in [0.1, 0.15) is 30.4 Å². The highest BCUT2D eigenvalue weighted by Gasteiger charge is 2.20. The Labute approximate surface area is 222 Å². The zero-order valence-electron chi connectivity index (χ0n) is 21.6. The van der Waals surface area contributed by atoms with Gasteiger partial charge in [0.05, 0.1) is 17.9 Å². The Bertz CT molecular complexity index is 1360. The summed E-state index contributed by atoms with van der Waals surface area (Å²) < 4.78 is 2.93. The summed E-state index contributed by atoms with van der Waals surface area (Å²) in [4.78, 5) is 38.6. The molecule has 1 aromatic heterocycles. The molecule has 0 aliphatic carbocycles. The highest BCUT2D eigenvalue weighted by molar-refractivity contribution is 5.94. The third-order valence-electron chi connectivity index (χ3n) is 6.53. The third-order valence-corrected chi connectivity index (χ3v) is 6.53. The first-order valence-corrected chi connectivity index (χ1v) is 12.7. The van der Waals surface area contributed by atoms with Crippen LogP contribution in [0.3, 0.4) is 0 Å². The zero-order valence-corrected chi connectivity index (χ0v) is 21.6. The Balaban J connectivity index is 1.50. The van der Waals surface area contributed by atoms with Gasteiger partial charge < -0.3 is 16.0 Å². The largest absolute Gasteiger partial charge is 0.354 e. The van der Waals surface area contributed by atoms with E-state index >= 15 is 0 Å². The maximum absolute atomic E-state index is 13.2. The lowest BCUT2D eigenvalue weighted by atomic mass is 9.88. The molecule has 1 heterocycles. The van der Waals surface area contributed by atoms with Crippen LogP contribution >= 0.6 is 0 Å². The summed E-state index contributed by atoms with van der Waals surface area (Å²) in [7, 11) is 1.67. The van der Waals surface area contributed by atoms with E-state index in [4.69, 9.17) is 0 Å². The first-order chi connectivity index (χ1) is 18.5. The molecule has 0 spiro atoms. The molecule has 196 valence electrons. The van der Waals surface area contributed by atoms with Gasteiger partial charge in [-0.05, 0) is 43.7 Å². The second-order valence-corrected chi connectivity index (χ2v) is 9.10. The maximum atomic E-state index is 13.2. The highest BCUT2D eigenvalue weighted by Crippen LogP contribution is 2.27. The lowest BCUT2D eigenvalue weighted by molar-refractivity contribution is -0.122. The van der Waals surface area contributed by atoms with E-state index in [1.807, 2.05) is 66.7 Å². The average molecular weight is 512 g/mol. The Morgan fingerprint density at radius 2 is 1.39 bits per heavy atom. The van der Waals surface area contributed by atoms with Gasteiger partial charge in [0.1, 0.15) is 12.2 Å². The van der Waals surface area contributed by atoms with Crippen LogP contribution in [0, 0.1) is 0 Å². The zero-order chi connectivity index (χ0) is 26.9. The van der Waals surface area contributed by atoms with Crippen LogP contribution in [0.25, 0.3) is 5.69 Å². The van der Waals surface area contributed by atoms with Gasteiger partial charge in [-0.25, -0.2) is 4.68 Å². The van der Waals surface area contributed by atoms with Crippen LogP contribution < -0.4 is 21.5 Å². The summed E-state index contributed by atoms with van der Waals surface area (Å²) in [5, 5.41) is 8.50. The minimum atomic E-state index is -0.478. The second-order valence-electron chi connectivity index (χ2n) is 9.10. The number of anilines is 1. The minimum absolute atomic E-state index is 0.113. The molecule has 3 aromatic carbocycles. The summed E-state index contributed by atoms with van der Waals surface area (Å²) in [5.74, 6) is -0.493. The molecule has 2 amide bonds. The fourth-order valence-corrected chi connectivity index (χ4v) is 4.33. The van der Waals surface area contributed by atoms with Crippen LogP contribution in [-0.2, 0) is 16.1 Å². The van der Waals surface area contributed by atoms with Gasteiger partial charge in [-0.1, -0.05) is 78.9 Å². The molecule has 0 bridgehead atoms. The molecular weight excluding hydrogens is 478 g/mol. The number of nitrogens with zero attached hydrogens (tertiary/aromatic N) is 2. The molecule has 0 saturated carbocycles. The highest BCUT2D eigenvalue weighted by atomic mass is 16.2. The Morgan fingerprint density at radius 3 is 1.95 bits per heavy atom. The van der Waals surface area contributed by atoms with Crippen LogP contribution in [0.15, 0.2) is 102 Å². The molecule has 8 heteroatoms. The van der Waals surface area contributed by atoms with Crippen LogP contribution in [0.2, 0.25) is 0 Å². The molecule has 0 saturated heterocycles. The van der Waals surface area contributed by atoms with Crippen molar-refractivity contribution in [3.05, 3.63) is 119 Å². The SMILES string of the molecule is CN[C@@H](C)C(=O)Nc1cn(-c2ccccc2)n(CC(=O)NCCC(c2ccccc2)c2ccccc2)c1=O. The summed E-state index contributed by atoms with van der Waals surface area (Å²) in [6, 6.07) is 29.2. The number of aromatic nitrogens is 2. The van der Waals surface area contributed by atoms with E-state index in [0.717, 1.165) is 0 Å². The van der Waals surface area contributed by atoms with Crippen molar-refractivity contribution in [2.75, 3.05) is 18.9 Å². The number of para-hydroxylation sites is 1. The summed E-state index contributed by atoms with van der Waals surface area (Å²) in [6.07, 6.45) is 2.25. The number of amides is 2. The number of benzene rings is 3. The predicted molar refractivity (Wildman–Crippen MR) is 150 cm³/mol. The molecule has 4 aromatic rings. The predicted octanol–water partition coefficient (Wildman–Crippen LogP) is 3.52. The van der Waals surface area contributed by atoms with E-state index in [-0.39, 0.29) is 30.0 Å². The summed E-state index contributed by atoms with van der Waals surface area (Å²) in [6.45, 7) is 1.96. The smallest absolute Gasteiger partial charge is 0.291 e. The van der Waals surface area contributed by atoms with Gasteiger partial charge in [-0.15, -0.1) is 0 Å². The van der Waals surface area contributed by atoms with Gasteiger partial charge in [0.25, 0.3) is 5.56 Å². The quantitative estimate of drug-likeness (QED) is 0.287. The van der Waals surface area contributed by atoms with Crippen molar-refractivity contribution in [2.45, 2.75) is 31.8 Å². The Kier molecular flexibility index (Phi) is 8.89. The number of carbonyl (C=O) groups is 2. The van der Waals surface area contributed by atoms with E-state index in [1.54, 1.807) is 24.9 Å². The molecule has 0 fully saturated rings. The van der Waals surface area contributed by atoms with Crippen molar-refractivity contribution in [1.82, 2.24) is 20.0 Å². The van der Waals surface area contributed by atoms with Crippen molar-refractivity contribution in [1.29, 1.82) is 0 Å². The van der Waals surface area contributed by atoms with Gasteiger partial charge in [0, 0.05) is 12.5 Å². The molecule has 8 nitrogen and oxygen atoms in total. The molecule has 0 unspecified atom stereocenters. The standard InChI is InChI=1S/C30H33N5O3/c1-22(31-2)29(37)33-27-20-34(25-16-10-5-11-17-25)35(30(27)38)21-28(36)32-19-18-26(23-12-6-3-7-13-23)24-14-8-4-9-15-24/h3-17,20,22,26,31H,18-19,21H2,1-2H3,(H,32,36)(H,33,37)/t22-/m0/s1. The van der Waals surface area contributed by atoms with E-state index in [0.29, 0.717) is 18.7 Å². The average Bonchev–Trinajstić information content (AvgIpc) is 3.26. The van der Waals surface area contributed by atoms with Crippen LogP contribution in [0.4, 0.5) is 5.69 Å². The molecule has 1 atom stereocenters. The Morgan fingerprint density at radius 1 is 0.842 bits per heavy atom. The maximum Gasteiger partial charge on any atom is 0.291 e. The van der Waals surface area contributed by atoms with Crippen molar-refractivity contribution in [2.24, 2.45) is 0 Å². The van der Waals surface area contributed by atoms with Crippen molar-refractivity contribution in [3.8, 4) is 5.69 Å². The van der Waals surface area contributed by atoms with Gasteiger partial charge in [0.2, 0.25) is 11.8 Å². The van der Waals surface area contributed by atoms with E-state index < -0.39 is 11.6 Å². The van der Waals surface area contributed by atoms with Crippen molar-refractivity contribution in [3.63, 3.8) is 0 Å². The van der Waals surface area contributed by atoms with Gasteiger partial charge in [-0.3, -0.25) is 19.1 Å². The topological polar surface area (TPSA) is 97.2 Å². The van der Waals surface area contributed by atoms with Crippen molar-refractivity contribution >= 4 is 17.5 Å². The van der Waals surface area contributed by atoms with E-state index in [9.17, 15) is 14.4 Å². The number of hydrogen-bond donors (Lipinski definition) is 3. The van der Waals surface area contributed by atoms with Crippen molar-refractivity contribution < 1.29 is 9.59 Å². The first kappa shape index (κ1) is 26.6. The molecule has 38 heavy (non-hydrogen) atoms. The summed E-state index contributed by atoms with van der Waals surface area (Å²) in [5.41, 5.74) is 2.72. The van der Waals surface area contributed by atoms with E-state index in [2.05, 4.69) is 40.2 Å². The van der Waals surface area contributed by atoms with Crippen LogP contribution in [0.5, 0.6) is 0 Å². The lowest BCUT2D eigenvalue weighted by Gasteiger charge is -2.19. The number of hydrogen-bond acceptors (Lipinski definition) is 4. The molecule has 0 aliphatic rings. The molecular formula is C30H33N5O3. The first-order valence-electron chi connectivity index (χ1n) is 12.7. The summed E-state index contributed by atoms with van der Waals surface area (Å²) >= 11 is 0. The van der Waals surface area contributed by atoms with E-state index in [1.165, 1.54) is 15.8 Å². The number of likely N-dealkylation sites (N-methyl/N-ethyl adjacent to an activating group) is 1. The molecule has 0 radical (unpaired) electrons. The fourth-order valence-electron chi connectivity index (χ4n) is 4.33. The normalized spacial score (nSPS) is 11.8. The van der Waals surface area contributed by atoms with Crippen LogP contribution in [-0.4, -0.2) is 40.8 Å². The van der Waals surface area contributed by atoms with Gasteiger partial charge >= 0.3 is 0 Å². The van der Waals surface area contributed by atoms with Gasteiger partial charge in [0.15, 0.2) is 0 Å². The minimum Gasteiger partial charge on any atom is -0.354 e. The lowest BCUT2D eigenvalue weighted by Crippen LogP contribution is -2.37. The number of rotatable bonds is 11. The third kappa shape index (κ3) is 6.46. The molecule has 4 rings (SSSR count). The molecule has 3 N–H and O–H groups in total. The number of nitrogens with one attached hydrogen (secondary N) is 3. The van der Waals surface area contributed by atoms with Gasteiger partial charge in [-0.2, -0.15) is 0 Å². The molecule has 0 aliphatic heterocycles. The monoisotopic (exact) mass is 511 g/mol. The fraction of sp³-hybridized carbons (Fsp3) is 0.233. The number of carbonyl (C=O) groups excluding carboxylic acids is 2. The Hall–Kier alpha value is -4.43. The second kappa shape index (κ2) is 12.7.